The van der Waals surface area contributed by atoms with Crippen LogP contribution in [0.3, 0.4) is 0 Å². The minimum atomic E-state index is 0.411. The molecular weight excluding hydrogens is 160 g/mol. The van der Waals surface area contributed by atoms with E-state index in [4.69, 9.17) is 0 Å². The molecule has 1 N–H and O–H groups in total. The average molecular weight is 186 g/mol. The summed E-state index contributed by atoms with van der Waals surface area (Å²) >= 11 is 0. The van der Waals surface area contributed by atoms with Gasteiger partial charge in [-0.3, -0.25) is 0 Å². The van der Waals surface area contributed by atoms with Gasteiger partial charge in [0.1, 0.15) is 0 Å². The Balaban J connectivity index is 3.67. The van der Waals surface area contributed by atoms with Gasteiger partial charge in [0.05, 0.1) is 0 Å². The summed E-state index contributed by atoms with van der Waals surface area (Å²) in [6, 6.07) is 0. The van der Waals surface area contributed by atoms with Crippen LogP contribution in [0.1, 0.15) is 27.7 Å². The van der Waals surface area contributed by atoms with Crippen molar-refractivity contribution in [2.75, 3.05) is 33.7 Å². The second kappa shape index (κ2) is 5.61. The number of nitrogens with zero attached hydrogens (tertiary/aromatic N) is 1. The third-order valence-electron chi connectivity index (χ3n) is 1.92. The Kier molecular flexibility index (Phi) is 5.57. The molecule has 1 unspecified atom stereocenters. The first-order valence-corrected chi connectivity index (χ1v) is 5.18. The van der Waals surface area contributed by atoms with E-state index in [2.05, 4.69) is 45.0 Å². The lowest BCUT2D eigenvalue weighted by atomic mass is 9.96. The quantitative estimate of drug-likeness (QED) is 0.704. The topological polar surface area (TPSA) is 15.3 Å². The molecular formula is C11H26N2. The maximum atomic E-state index is 3.21. The van der Waals surface area contributed by atoms with Crippen molar-refractivity contribution in [3.05, 3.63) is 0 Å². The highest BCUT2D eigenvalue weighted by Crippen LogP contribution is 2.14. The van der Waals surface area contributed by atoms with Crippen molar-refractivity contribution < 1.29 is 0 Å². The Morgan fingerprint density at radius 1 is 1.31 bits per heavy atom. The predicted molar refractivity (Wildman–Crippen MR) is 60.0 cm³/mol. The summed E-state index contributed by atoms with van der Waals surface area (Å²) in [5, 5.41) is 3.21. The summed E-state index contributed by atoms with van der Waals surface area (Å²) in [5.41, 5.74) is 0.411. The molecule has 0 heterocycles. The lowest BCUT2D eigenvalue weighted by Crippen LogP contribution is -2.35. The molecule has 0 fully saturated rings. The van der Waals surface area contributed by atoms with Gasteiger partial charge in [-0.2, -0.15) is 0 Å². The van der Waals surface area contributed by atoms with Gasteiger partial charge in [-0.15, -0.1) is 0 Å². The fourth-order valence-electron chi connectivity index (χ4n) is 1.82. The van der Waals surface area contributed by atoms with E-state index in [1.54, 1.807) is 0 Å². The van der Waals surface area contributed by atoms with E-state index in [-0.39, 0.29) is 0 Å². The second-order valence-electron chi connectivity index (χ2n) is 5.42. The Morgan fingerprint density at radius 2 is 1.85 bits per heavy atom. The molecule has 2 heteroatoms. The normalized spacial score (nSPS) is 15.0. The number of hydrogen-bond donors (Lipinski definition) is 1. The van der Waals surface area contributed by atoms with E-state index in [1.165, 1.54) is 13.1 Å². The molecule has 80 valence electrons. The third kappa shape index (κ3) is 8.26. The molecule has 0 saturated carbocycles. The summed E-state index contributed by atoms with van der Waals surface area (Å²) in [6.45, 7) is 12.6. The van der Waals surface area contributed by atoms with Crippen molar-refractivity contribution in [2.24, 2.45) is 11.3 Å². The highest BCUT2D eigenvalue weighted by atomic mass is 15.1. The van der Waals surface area contributed by atoms with E-state index in [0.29, 0.717) is 5.41 Å². The predicted octanol–water partition coefficient (Wildman–Crippen LogP) is 1.82. The van der Waals surface area contributed by atoms with Gasteiger partial charge in [0.25, 0.3) is 0 Å². The molecule has 13 heavy (non-hydrogen) atoms. The SMILES string of the molecule is CNCC(C)CN(C)CC(C)(C)C. The average Bonchev–Trinajstić information content (AvgIpc) is 1.81. The number of nitrogens with one attached hydrogen (secondary N) is 1. The Bertz CT molecular complexity index is 127. The molecule has 0 radical (unpaired) electrons. The van der Waals surface area contributed by atoms with Crippen LogP contribution >= 0.6 is 0 Å². The molecule has 0 aliphatic carbocycles. The summed E-state index contributed by atoms with van der Waals surface area (Å²) in [7, 11) is 4.22. The molecule has 0 saturated heterocycles. The van der Waals surface area contributed by atoms with Gasteiger partial charge in [-0.25, -0.2) is 0 Å². The van der Waals surface area contributed by atoms with Crippen molar-refractivity contribution in [2.45, 2.75) is 27.7 Å². The van der Waals surface area contributed by atoms with Crippen LogP contribution in [0.4, 0.5) is 0 Å². The lowest BCUT2D eigenvalue weighted by molar-refractivity contribution is 0.203. The molecule has 1 atom stereocenters. The second-order valence-corrected chi connectivity index (χ2v) is 5.42. The molecule has 2 nitrogen and oxygen atoms in total. The first-order valence-electron chi connectivity index (χ1n) is 5.18. The van der Waals surface area contributed by atoms with Gasteiger partial charge in [0, 0.05) is 13.1 Å². The van der Waals surface area contributed by atoms with E-state index in [9.17, 15) is 0 Å². The fraction of sp³-hybridized carbons (Fsp3) is 1.00. The van der Waals surface area contributed by atoms with Gasteiger partial charge in [0.15, 0.2) is 0 Å². The maximum absolute atomic E-state index is 3.21. The molecule has 0 aromatic heterocycles. The van der Waals surface area contributed by atoms with Crippen LogP contribution in [0.2, 0.25) is 0 Å². The standard InChI is InChI=1S/C11H26N2/c1-10(7-12-5)8-13(6)9-11(2,3)4/h10,12H,7-9H2,1-6H3. The van der Waals surface area contributed by atoms with Crippen LogP contribution < -0.4 is 5.32 Å². The van der Waals surface area contributed by atoms with Crippen molar-refractivity contribution >= 4 is 0 Å². The van der Waals surface area contributed by atoms with Gasteiger partial charge < -0.3 is 10.2 Å². The molecule has 0 aromatic rings. The zero-order chi connectivity index (χ0) is 10.5. The van der Waals surface area contributed by atoms with Crippen LogP contribution in [-0.2, 0) is 0 Å². The van der Waals surface area contributed by atoms with Gasteiger partial charge in [-0.05, 0) is 32.0 Å². The monoisotopic (exact) mass is 186 g/mol. The zero-order valence-corrected chi connectivity index (χ0v) is 10.1. The van der Waals surface area contributed by atoms with Crippen molar-refractivity contribution in [3.63, 3.8) is 0 Å². The maximum Gasteiger partial charge on any atom is 0.00271 e. The summed E-state index contributed by atoms with van der Waals surface area (Å²) < 4.78 is 0. The Labute approximate surface area is 83.7 Å². The zero-order valence-electron chi connectivity index (χ0n) is 10.1. The first-order chi connectivity index (χ1) is 5.85. The third-order valence-corrected chi connectivity index (χ3v) is 1.92. The summed E-state index contributed by atoms with van der Waals surface area (Å²) in [5.74, 6) is 0.734. The smallest absolute Gasteiger partial charge is 0.00271 e. The number of rotatable bonds is 5. The minimum absolute atomic E-state index is 0.411. The van der Waals surface area contributed by atoms with E-state index in [0.717, 1.165) is 12.5 Å². The molecule has 0 spiro atoms. The summed E-state index contributed by atoms with van der Waals surface area (Å²) in [6.07, 6.45) is 0. The van der Waals surface area contributed by atoms with Crippen LogP contribution in [0.25, 0.3) is 0 Å². The lowest BCUT2D eigenvalue weighted by Gasteiger charge is -2.28. The molecule has 0 aromatic carbocycles. The Hall–Kier alpha value is -0.0800. The molecule has 0 bridgehead atoms. The molecule has 0 aliphatic rings. The van der Waals surface area contributed by atoms with Crippen molar-refractivity contribution in [1.82, 2.24) is 10.2 Å². The van der Waals surface area contributed by atoms with Gasteiger partial charge >= 0.3 is 0 Å². The van der Waals surface area contributed by atoms with Gasteiger partial charge in [0.2, 0.25) is 0 Å². The number of hydrogen-bond acceptors (Lipinski definition) is 2. The first kappa shape index (κ1) is 12.9. The molecule has 0 amide bonds. The minimum Gasteiger partial charge on any atom is -0.319 e. The van der Waals surface area contributed by atoms with Crippen LogP contribution in [0.5, 0.6) is 0 Å². The van der Waals surface area contributed by atoms with E-state index in [1.807, 2.05) is 7.05 Å². The fourth-order valence-corrected chi connectivity index (χ4v) is 1.82. The summed E-state index contributed by atoms with van der Waals surface area (Å²) in [4.78, 5) is 2.42. The molecule has 0 rings (SSSR count). The Morgan fingerprint density at radius 3 is 2.23 bits per heavy atom. The van der Waals surface area contributed by atoms with Crippen LogP contribution in [0, 0.1) is 11.3 Å². The van der Waals surface area contributed by atoms with Gasteiger partial charge in [-0.1, -0.05) is 27.7 Å². The highest BCUT2D eigenvalue weighted by Gasteiger charge is 2.14. The largest absolute Gasteiger partial charge is 0.319 e. The van der Waals surface area contributed by atoms with Crippen molar-refractivity contribution in [1.29, 1.82) is 0 Å². The molecule has 0 aliphatic heterocycles. The van der Waals surface area contributed by atoms with Crippen LogP contribution in [-0.4, -0.2) is 38.6 Å². The van der Waals surface area contributed by atoms with E-state index < -0.39 is 0 Å². The van der Waals surface area contributed by atoms with E-state index >= 15 is 0 Å². The highest BCUT2D eigenvalue weighted by molar-refractivity contribution is 4.68. The van der Waals surface area contributed by atoms with Crippen LogP contribution in [0.15, 0.2) is 0 Å². The van der Waals surface area contributed by atoms with Crippen molar-refractivity contribution in [3.8, 4) is 0 Å².